The molecular formula is C15H15O7P. The normalized spacial score (nSPS) is 12.7. The van der Waals surface area contributed by atoms with Crippen molar-refractivity contribution in [2.24, 2.45) is 0 Å². The number of carbonyl (C=O) groups excluding carboxylic acids is 1. The predicted octanol–water partition coefficient (Wildman–Crippen LogP) is 2.29. The fourth-order valence-electron chi connectivity index (χ4n) is 2.27. The monoisotopic (exact) mass is 338 g/mol. The molecule has 2 rings (SSSR count). The molecule has 0 aromatic heterocycles. The van der Waals surface area contributed by atoms with E-state index in [2.05, 4.69) is 4.52 Å². The maximum atomic E-state index is 12.1. The van der Waals surface area contributed by atoms with Crippen molar-refractivity contribution in [3.05, 3.63) is 53.6 Å². The molecule has 1 atom stereocenters. The van der Waals surface area contributed by atoms with Crippen molar-refractivity contribution in [3.8, 4) is 17.2 Å². The van der Waals surface area contributed by atoms with Crippen LogP contribution in [0.5, 0.6) is 17.2 Å². The fourth-order valence-corrected chi connectivity index (χ4v) is 2.70. The molecule has 0 aliphatic rings. The Balaban J connectivity index is 2.59. The third-order valence-corrected chi connectivity index (χ3v) is 3.59. The second-order valence-electron chi connectivity index (χ2n) is 4.94. The van der Waals surface area contributed by atoms with Crippen molar-refractivity contribution in [2.75, 3.05) is 0 Å². The molecule has 0 bridgehead atoms. The van der Waals surface area contributed by atoms with E-state index >= 15 is 0 Å². The minimum absolute atomic E-state index is 0.0126. The van der Waals surface area contributed by atoms with Gasteiger partial charge in [0.1, 0.15) is 23.0 Å². The van der Waals surface area contributed by atoms with Crippen LogP contribution in [0, 0.1) is 0 Å². The largest absolute Gasteiger partial charge is 0.524 e. The summed E-state index contributed by atoms with van der Waals surface area (Å²) in [4.78, 5) is 30.1. The van der Waals surface area contributed by atoms with Gasteiger partial charge in [-0.1, -0.05) is 12.1 Å². The van der Waals surface area contributed by atoms with Gasteiger partial charge in [-0.2, -0.15) is 0 Å². The summed E-state index contributed by atoms with van der Waals surface area (Å²) in [5.41, 5.74) is 0.600. The number of rotatable bonds is 5. The van der Waals surface area contributed by atoms with E-state index in [9.17, 15) is 19.6 Å². The Morgan fingerprint density at radius 2 is 1.61 bits per heavy atom. The molecule has 1 unspecified atom stereocenters. The molecule has 0 spiro atoms. The topological polar surface area (TPSA) is 124 Å². The van der Waals surface area contributed by atoms with Gasteiger partial charge in [0.15, 0.2) is 0 Å². The maximum Gasteiger partial charge on any atom is 0.524 e. The van der Waals surface area contributed by atoms with E-state index in [0.29, 0.717) is 5.56 Å². The second kappa shape index (κ2) is 6.42. The van der Waals surface area contributed by atoms with E-state index in [1.807, 2.05) is 0 Å². The number of hydrogen-bond acceptors (Lipinski definition) is 5. The van der Waals surface area contributed by atoms with Crippen LogP contribution in [-0.2, 0) is 9.36 Å². The predicted molar refractivity (Wildman–Crippen MR) is 81.4 cm³/mol. The van der Waals surface area contributed by atoms with Crippen LogP contribution >= 0.6 is 7.82 Å². The first kappa shape index (κ1) is 17.0. The van der Waals surface area contributed by atoms with Crippen molar-refractivity contribution in [3.63, 3.8) is 0 Å². The van der Waals surface area contributed by atoms with Crippen LogP contribution in [0.3, 0.4) is 0 Å². The average molecular weight is 338 g/mol. The number of aromatic hydroxyl groups is 2. The summed E-state index contributed by atoms with van der Waals surface area (Å²) < 4.78 is 15.7. The van der Waals surface area contributed by atoms with Gasteiger partial charge in [-0.15, -0.1) is 0 Å². The lowest BCUT2D eigenvalue weighted by Gasteiger charge is -2.19. The number of phenols is 2. The quantitative estimate of drug-likeness (QED) is 0.617. The zero-order chi connectivity index (χ0) is 17.2. The first-order valence-electron chi connectivity index (χ1n) is 6.55. The van der Waals surface area contributed by atoms with E-state index in [1.165, 1.54) is 49.4 Å². The standard InChI is InChI=1S/C15H15O7P/c1-9(16)15(10-2-4-11(17)5-3-10)13-8-12(18)6-7-14(13)22-23(19,20)21/h2-8,15,17-18H,1H3,(H2,19,20,21). The SMILES string of the molecule is CC(=O)C(c1ccc(O)cc1)c1cc(O)ccc1OP(=O)(O)O. The molecule has 2 aromatic carbocycles. The number of phosphoric ester groups is 1. The van der Waals surface area contributed by atoms with E-state index in [1.54, 1.807) is 0 Å². The Morgan fingerprint density at radius 3 is 2.13 bits per heavy atom. The highest BCUT2D eigenvalue weighted by Gasteiger charge is 2.27. The number of phenolic OH excluding ortho intramolecular Hbond substituents is 2. The van der Waals surface area contributed by atoms with Crippen molar-refractivity contribution in [1.29, 1.82) is 0 Å². The third-order valence-electron chi connectivity index (χ3n) is 3.15. The Bertz CT molecular complexity index is 764. The van der Waals surface area contributed by atoms with Crippen LogP contribution in [0.1, 0.15) is 24.0 Å². The van der Waals surface area contributed by atoms with Crippen molar-refractivity contribution < 1.29 is 33.9 Å². The fraction of sp³-hybridized carbons (Fsp3) is 0.133. The van der Waals surface area contributed by atoms with Gasteiger partial charge in [0, 0.05) is 5.56 Å². The molecule has 7 nitrogen and oxygen atoms in total. The van der Waals surface area contributed by atoms with Crippen molar-refractivity contribution >= 4 is 13.6 Å². The molecular weight excluding hydrogens is 323 g/mol. The molecule has 23 heavy (non-hydrogen) atoms. The lowest BCUT2D eigenvalue weighted by atomic mass is 9.87. The summed E-state index contributed by atoms with van der Waals surface area (Å²) in [6.07, 6.45) is 0. The van der Waals surface area contributed by atoms with Crippen molar-refractivity contribution in [2.45, 2.75) is 12.8 Å². The summed E-state index contributed by atoms with van der Waals surface area (Å²) in [6, 6.07) is 9.38. The molecule has 4 N–H and O–H groups in total. The van der Waals surface area contributed by atoms with Crippen LogP contribution < -0.4 is 4.52 Å². The molecule has 122 valence electrons. The number of ketones is 1. The molecule has 2 aromatic rings. The van der Waals surface area contributed by atoms with Gasteiger partial charge in [-0.25, -0.2) is 4.57 Å². The molecule has 0 fully saturated rings. The number of phosphoric acid groups is 1. The van der Waals surface area contributed by atoms with E-state index in [-0.39, 0.29) is 28.6 Å². The highest BCUT2D eigenvalue weighted by molar-refractivity contribution is 7.46. The van der Waals surface area contributed by atoms with Gasteiger partial charge in [-0.3, -0.25) is 14.6 Å². The number of hydrogen-bond donors (Lipinski definition) is 4. The van der Waals surface area contributed by atoms with Gasteiger partial charge >= 0.3 is 7.82 Å². The van der Waals surface area contributed by atoms with Gasteiger partial charge in [-0.05, 0) is 42.8 Å². The number of carbonyl (C=O) groups is 1. The van der Waals surface area contributed by atoms with Crippen LogP contribution in [0.4, 0.5) is 0 Å². The van der Waals surface area contributed by atoms with Crippen LogP contribution in [0.15, 0.2) is 42.5 Å². The van der Waals surface area contributed by atoms with E-state index in [4.69, 9.17) is 9.79 Å². The Morgan fingerprint density at radius 1 is 1.04 bits per heavy atom. The summed E-state index contributed by atoms with van der Waals surface area (Å²) in [6.45, 7) is 1.31. The van der Waals surface area contributed by atoms with E-state index < -0.39 is 13.7 Å². The number of Topliss-reactive ketones (excluding diaryl/α,β-unsaturated/α-hetero) is 1. The molecule has 0 amide bonds. The Labute approximate surface area is 132 Å². The minimum atomic E-state index is -4.83. The van der Waals surface area contributed by atoms with Gasteiger partial charge < -0.3 is 14.7 Å². The highest BCUT2D eigenvalue weighted by atomic mass is 31.2. The van der Waals surface area contributed by atoms with Crippen LogP contribution in [-0.4, -0.2) is 25.8 Å². The molecule has 0 aliphatic heterocycles. The zero-order valence-electron chi connectivity index (χ0n) is 12.1. The third kappa shape index (κ3) is 4.32. The molecule has 0 radical (unpaired) electrons. The van der Waals surface area contributed by atoms with Crippen molar-refractivity contribution in [1.82, 2.24) is 0 Å². The molecule has 0 heterocycles. The maximum absolute atomic E-state index is 12.1. The Kier molecular flexibility index (Phi) is 4.75. The summed E-state index contributed by atoms with van der Waals surface area (Å²) >= 11 is 0. The lowest BCUT2D eigenvalue weighted by molar-refractivity contribution is -0.117. The Hall–Kier alpha value is -2.34. The first-order valence-corrected chi connectivity index (χ1v) is 8.08. The highest BCUT2D eigenvalue weighted by Crippen LogP contribution is 2.43. The summed E-state index contributed by atoms with van der Waals surface area (Å²) in [5, 5.41) is 19.0. The van der Waals surface area contributed by atoms with Crippen LogP contribution in [0.25, 0.3) is 0 Å². The van der Waals surface area contributed by atoms with Gasteiger partial charge in [0.25, 0.3) is 0 Å². The van der Waals surface area contributed by atoms with E-state index in [0.717, 1.165) is 0 Å². The average Bonchev–Trinajstić information content (AvgIpc) is 2.42. The molecule has 8 heteroatoms. The second-order valence-corrected chi connectivity index (χ2v) is 6.10. The minimum Gasteiger partial charge on any atom is -0.508 e. The van der Waals surface area contributed by atoms with Gasteiger partial charge in [0.2, 0.25) is 0 Å². The molecule has 0 aliphatic carbocycles. The molecule has 0 saturated heterocycles. The summed E-state index contributed by atoms with van der Waals surface area (Å²) in [5.74, 6) is -1.60. The molecule has 0 saturated carbocycles. The number of benzene rings is 2. The van der Waals surface area contributed by atoms with Gasteiger partial charge in [0.05, 0.1) is 5.92 Å². The van der Waals surface area contributed by atoms with Crippen LogP contribution in [0.2, 0.25) is 0 Å². The summed E-state index contributed by atoms with van der Waals surface area (Å²) in [7, 11) is -4.83. The smallest absolute Gasteiger partial charge is 0.508 e. The zero-order valence-corrected chi connectivity index (χ0v) is 13.0. The first-order chi connectivity index (χ1) is 10.7. The lowest BCUT2D eigenvalue weighted by Crippen LogP contribution is -2.12.